The Bertz CT molecular complexity index is 420. The molecule has 1 aliphatic rings. The number of nitrogens with zero attached hydrogens (tertiary/aromatic N) is 1. The monoisotopic (exact) mass is 250 g/mol. The number of benzene rings is 1. The number of aryl methyl sites for hydroxylation is 1. The highest BCUT2D eigenvalue weighted by molar-refractivity contribution is 6.33. The molecule has 0 radical (unpaired) electrons. The molecule has 1 aliphatic carbocycles. The van der Waals surface area contributed by atoms with Gasteiger partial charge in [-0.3, -0.25) is 0 Å². The average Bonchev–Trinajstić information content (AvgIpc) is 2.34. The Labute approximate surface area is 108 Å². The van der Waals surface area contributed by atoms with Crippen molar-refractivity contribution in [3.05, 3.63) is 28.8 Å². The summed E-state index contributed by atoms with van der Waals surface area (Å²) < 4.78 is 0. The minimum absolute atomic E-state index is 0.445. The highest BCUT2D eigenvalue weighted by Crippen LogP contribution is 2.28. The molecule has 2 N–H and O–H groups in total. The Hall–Kier alpha value is -1.02. The summed E-state index contributed by atoms with van der Waals surface area (Å²) >= 11 is 6.15. The van der Waals surface area contributed by atoms with Gasteiger partial charge in [0.2, 0.25) is 0 Å². The molecule has 1 saturated carbocycles. The Morgan fingerprint density at radius 3 is 2.65 bits per heavy atom. The van der Waals surface area contributed by atoms with Gasteiger partial charge >= 0.3 is 0 Å². The van der Waals surface area contributed by atoms with Gasteiger partial charge in [-0.05, 0) is 37.5 Å². The van der Waals surface area contributed by atoms with Gasteiger partial charge in [0.05, 0.1) is 10.7 Å². The largest absolute Gasteiger partial charge is 0.387 e. The van der Waals surface area contributed by atoms with Gasteiger partial charge in [-0.1, -0.05) is 36.9 Å². The summed E-state index contributed by atoms with van der Waals surface area (Å²) in [6.07, 6.45) is 6.19. The first-order chi connectivity index (χ1) is 8.16. The van der Waals surface area contributed by atoms with E-state index in [2.05, 4.69) is 4.99 Å². The molecule has 2 rings (SSSR count). The molecular weight excluding hydrogens is 232 g/mol. The Morgan fingerprint density at radius 1 is 1.29 bits per heavy atom. The minimum atomic E-state index is 0.445. The van der Waals surface area contributed by atoms with E-state index in [1.54, 1.807) is 0 Å². The number of hydrogen-bond donors (Lipinski definition) is 1. The van der Waals surface area contributed by atoms with Crippen molar-refractivity contribution in [2.75, 3.05) is 0 Å². The Balaban J connectivity index is 2.16. The predicted octanol–water partition coefficient (Wildman–Crippen LogP) is 4.22. The van der Waals surface area contributed by atoms with Crippen LogP contribution in [0.3, 0.4) is 0 Å². The lowest BCUT2D eigenvalue weighted by molar-refractivity contribution is 0.437. The van der Waals surface area contributed by atoms with Crippen molar-refractivity contribution >= 4 is 23.1 Å². The summed E-state index contributed by atoms with van der Waals surface area (Å²) in [7, 11) is 0. The highest BCUT2D eigenvalue weighted by atomic mass is 35.5. The quantitative estimate of drug-likeness (QED) is 0.620. The number of amidine groups is 1. The zero-order valence-corrected chi connectivity index (χ0v) is 11.0. The van der Waals surface area contributed by atoms with E-state index in [1.807, 2.05) is 25.1 Å². The van der Waals surface area contributed by atoms with Crippen LogP contribution in [0.25, 0.3) is 0 Å². The smallest absolute Gasteiger partial charge is 0.103 e. The van der Waals surface area contributed by atoms with Gasteiger partial charge in [0.1, 0.15) is 5.84 Å². The van der Waals surface area contributed by atoms with Gasteiger partial charge in [-0.15, -0.1) is 0 Å². The molecule has 2 nitrogen and oxygen atoms in total. The SMILES string of the molecule is Cc1ccc(N=C(N)C2CCCCC2)c(Cl)c1. The highest BCUT2D eigenvalue weighted by Gasteiger charge is 2.17. The second-order valence-corrected chi connectivity index (χ2v) is 5.23. The molecule has 0 aromatic heterocycles. The van der Waals surface area contributed by atoms with Gasteiger partial charge < -0.3 is 5.73 Å². The third-order valence-electron chi connectivity index (χ3n) is 3.38. The molecule has 0 bridgehead atoms. The topological polar surface area (TPSA) is 38.4 Å². The fourth-order valence-electron chi connectivity index (χ4n) is 2.33. The van der Waals surface area contributed by atoms with Crippen LogP contribution in [0.1, 0.15) is 37.7 Å². The van der Waals surface area contributed by atoms with E-state index in [0.717, 1.165) is 17.1 Å². The fourth-order valence-corrected chi connectivity index (χ4v) is 2.61. The number of halogens is 1. The predicted molar refractivity (Wildman–Crippen MR) is 74.0 cm³/mol. The number of hydrogen-bond acceptors (Lipinski definition) is 1. The van der Waals surface area contributed by atoms with Crippen molar-refractivity contribution in [2.45, 2.75) is 39.0 Å². The van der Waals surface area contributed by atoms with Gasteiger partial charge in [0.25, 0.3) is 0 Å². The summed E-state index contributed by atoms with van der Waals surface area (Å²) in [4.78, 5) is 4.49. The van der Waals surface area contributed by atoms with E-state index in [4.69, 9.17) is 17.3 Å². The van der Waals surface area contributed by atoms with Crippen molar-refractivity contribution < 1.29 is 0 Å². The maximum atomic E-state index is 6.15. The molecule has 0 heterocycles. The zero-order valence-electron chi connectivity index (χ0n) is 10.2. The van der Waals surface area contributed by atoms with E-state index >= 15 is 0 Å². The molecule has 1 aromatic carbocycles. The third kappa shape index (κ3) is 3.22. The van der Waals surface area contributed by atoms with Crippen molar-refractivity contribution in [1.82, 2.24) is 0 Å². The van der Waals surface area contributed by atoms with Crippen molar-refractivity contribution in [1.29, 1.82) is 0 Å². The molecule has 92 valence electrons. The first-order valence-electron chi connectivity index (χ1n) is 6.27. The maximum Gasteiger partial charge on any atom is 0.103 e. The van der Waals surface area contributed by atoms with Crippen LogP contribution in [0.5, 0.6) is 0 Å². The summed E-state index contributed by atoms with van der Waals surface area (Å²) in [6, 6.07) is 5.88. The zero-order chi connectivity index (χ0) is 12.3. The fraction of sp³-hybridized carbons (Fsp3) is 0.500. The molecule has 0 unspecified atom stereocenters. The standard InChI is InChI=1S/C14H19ClN2/c1-10-7-8-13(12(15)9-10)17-14(16)11-5-3-2-4-6-11/h7-9,11H,2-6H2,1H3,(H2,16,17). The van der Waals surface area contributed by atoms with E-state index in [-0.39, 0.29) is 0 Å². The van der Waals surface area contributed by atoms with E-state index in [1.165, 1.54) is 32.1 Å². The van der Waals surface area contributed by atoms with Gasteiger partial charge in [-0.25, -0.2) is 4.99 Å². The normalized spacial score (nSPS) is 18.4. The maximum absolute atomic E-state index is 6.15. The summed E-state index contributed by atoms with van der Waals surface area (Å²) in [6.45, 7) is 2.02. The molecule has 0 spiro atoms. The van der Waals surface area contributed by atoms with Crippen LogP contribution >= 0.6 is 11.6 Å². The van der Waals surface area contributed by atoms with Crippen LogP contribution in [-0.2, 0) is 0 Å². The number of rotatable bonds is 2. The van der Waals surface area contributed by atoms with Crippen LogP contribution < -0.4 is 5.73 Å². The molecule has 1 aromatic rings. The molecule has 0 amide bonds. The second kappa shape index (κ2) is 5.54. The van der Waals surface area contributed by atoms with Crippen molar-refractivity contribution in [2.24, 2.45) is 16.6 Å². The van der Waals surface area contributed by atoms with Crippen LogP contribution in [0.4, 0.5) is 5.69 Å². The Morgan fingerprint density at radius 2 is 2.00 bits per heavy atom. The Kier molecular flexibility index (Phi) is 4.06. The molecule has 1 fully saturated rings. The first kappa shape index (κ1) is 12.4. The van der Waals surface area contributed by atoms with E-state index in [9.17, 15) is 0 Å². The molecule has 0 aliphatic heterocycles. The summed E-state index contributed by atoms with van der Waals surface area (Å²) in [5.74, 6) is 1.19. The third-order valence-corrected chi connectivity index (χ3v) is 3.68. The minimum Gasteiger partial charge on any atom is -0.387 e. The van der Waals surface area contributed by atoms with Crippen molar-refractivity contribution in [3.8, 4) is 0 Å². The molecule has 3 heteroatoms. The van der Waals surface area contributed by atoms with E-state index < -0.39 is 0 Å². The number of nitrogens with two attached hydrogens (primary N) is 1. The molecule has 17 heavy (non-hydrogen) atoms. The van der Waals surface area contributed by atoms with Crippen molar-refractivity contribution in [3.63, 3.8) is 0 Å². The van der Waals surface area contributed by atoms with Crippen LogP contribution in [0.15, 0.2) is 23.2 Å². The lowest BCUT2D eigenvalue weighted by atomic mass is 9.88. The summed E-state index contributed by atoms with van der Waals surface area (Å²) in [5.41, 5.74) is 8.01. The average molecular weight is 251 g/mol. The lowest BCUT2D eigenvalue weighted by Crippen LogP contribution is -2.25. The molecule has 0 atom stereocenters. The second-order valence-electron chi connectivity index (χ2n) is 4.83. The van der Waals surface area contributed by atoms with Gasteiger partial charge in [0, 0.05) is 5.92 Å². The number of aliphatic imine (C=N–C) groups is 1. The van der Waals surface area contributed by atoms with Gasteiger partial charge in [0.15, 0.2) is 0 Å². The summed E-state index contributed by atoms with van der Waals surface area (Å²) in [5, 5.41) is 0.684. The van der Waals surface area contributed by atoms with Crippen LogP contribution in [-0.4, -0.2) is 5.84 Å². The van der Waals surface area contributed by atoms with Crippen LogP contribution in [0.2, 0.25) is 5.02 Å². The van der Waals surface area contributed by atoms with E-state index in [0.29, 0.717) is 10.9 Å². The first-order valence-corrected chi connectivity index (χ1v) is 6.65. The van der Waals surface area contributed by atoms with Gasteiger partial charge in [-0.2, -0.15) is 0 Å². The molecular formula is C14H19ClN2. The van der Waals surface area contributed by atoms with Crippen LogP contribution in [0, 0.1) is 12.8 Å². The lowest BCUT2D eigenvalue weighted by Gasteiger charge is -2.20. The molecule has 0 saturated heterocycles.